The Hall–Kier alpha value is -1.16. The summed E-state index contributed by atoms with van der Waals surface area (Å²) in [5.74, 6) is 0.220. The van der Waals surface area contributed by atoms with Crippen LogP contribution in [0.2, 0.25) is 0 Å². The van der Waals surface area contributed by atoms with E-state index in [0.717, 1.165) is 13.0 Å². The molecular weight excluding hydrogens is 240 g/mol. The summed E-state index contributed by atoms with van der Waals surface area (Å²) in [5.41, 5.74) is 0.983. The molecule has 0 bridgehead atoms. The van der Waals surface area contributed by atoms with Crippen LogP contribution in [0.15, 0.2) is 16.3 Å². The number of allylic oxidation sites excluding steroid dienone is 2. The van der Waals surface area contributed by atoms with Crippen molar-refractivity contribution in [2.75, 3.05) is 27.2 Å². The van der Waals surface area contributed by atoms with Gasteiger partial charge in [0.15, 0.2) is 5.78 Å². The van der Waals surface area contributed by atoms with Gasteiger partial charge in [-0.2, -0.15) is 0 Å². The molecule has 108 valence electrons. The lowest BCUT2D eigenvalue weighted by atomic mass is 9.76. The van der Waals surface area contributed by atoms with Gasteiger partial charge in [-0.05, 0) is 39.4 Å². The Morgan fingerprint density at radius 3 is 2.53 bits per heavy atom. The molecule has 0 aliphatic heterocycles. The second-order valence-electron chi connectivity index (χ2n) is 6.39. The summed E-state index contributed by atoms with van der Waals surface area (Å²) in [7, 11) is 4.05. The van der Waals surface area contributed by atoms with E-state index in [1.807, 2.05) is 34.9 Å². The summed E-state index contributed by atoms with van der Waals surface area (Å²) in [6, 6.07) is 0. The predicted octanol–water partition coefficient (Wildman–Crippen LogP) is 2.60. The summed E-state index contributed by atoms with van der Waals surface area (Å²) >= 11 is 0. The second-order valence-corrected chi connectivity index (χ2v) is 6.39. The number of ketones is 1. The van der Waals surface area contributed by atoms with Gasteiger partial charge in [-0.25, -0.2) is 0 Å². The molecule has 0 fully saturated rings. The van der Waals surface area contributed by atoms with Crippen molar-refractivity contribution in [1.29, 1.82) is 0 Å². The van der Waals surface area contributed by atoms with E-state index < -0.39 is 0 Å². The lowest BCUT2D eigenvalue weighted by Crippen LogP contribution is -2.28. The Bertz CT molecular complexity index is 406. The predicted molar refractivity (Wildman–Crippen MR) is 78.8 cm³/mol. The van der Waals surface area contributed by atoms with Crippen molar-refractivity contribution in [3.63, 3.8) is 0 Å². The van der Waals surface area contributed by atoms with E-state index in [4.69, 9.17) is 0 Å². The molecule has 1 rings (SSSR count). The third-order valence-corrected chi connectivity index (χ3v) is 3.33. The smallest absolute Gasteiger partial charge is 0.168 e. The zero-order valence-electron chi connectivity index (χ0n) is 12.8. The van der Waals surface area contributed by atoms with Crippen molar-refractivity contribution in [3.8, 4) is 0 Å². The van der Waals surface area contributed by atoms with Crippen LogP contribution in [0.1, 0.15) is 40.0 Å². The average Bonchev–Trinajstić information content (AvgIpc) is 2.21. The highest BCUT2D eigenvalue weighted by Gasteiger charge is 2.33. The molecule has 0 unspecified atom stereocenters. The first kappa shape index (κ1) is 15.9. The van der Waals surface area contributed by atoms with Crippen LogP contribution in [-0.4, -0.2) is 48.7 Å². The van der Waals surface area contributed by atoms with Gasteiger partial charge in [0.2, 0.25) is 0 Å². The number of hydrogen-bond donors (Lipinski definition) is 1. The molecule has 0 heterocycles. The van der Waals surface area contributed by atoms with Crippen LogP contribution < -0.4 is 0 Å². The van der Waals surface area contributed by atoms with Crippen LogP contribution in [0.3, 0.4) is 0 Å². The first-order valence-electron chi connectivity index (χ1n) is 6.84. The first-order valence-corrected chi connectivity index (χ1v) is 6.84. The molecule has 0 radical (unpaired) electrons. The van der Waals surface area contributed by atoms with Gasteiger partial charge in [-0.1, -0.05) is 13.8 Å². The number of nitrogens with zero attached hydrogens (tertiary/aromatic N) is 2. The Balaban J connectivity index is 2.72. The number of carbonyl (C=O) groups excluding carboxylic acids is 1. The number of rotatable bonds is 5. The highest BCUT2D eigenvalue weighted by Crippen LogP contribution is 2.36. The maximum atomic E-state index is 12.1. The molecule has 4 heteroatoms. The van der Waals surface area contributed by atoms with E-state index in [0.29, 0.717) is 30.7 Å². The third-order valence-electron chi connectivity index (χ3n) is 3.33. The van der Waals surface area contributed by atoms with E-state index in [9.17, 15) is 9.90 Å². The van der Waals surface area contributed by atoms with Crippen LogP contribution in [0.5, 0.6) is 0 Å². The molecule has 0 amide bonds. The average molecular weight is 266 g/mol. The number of aliphatic hydroxyl groups excluding tert-OH is 1. The van der Waals surface area contributed by atoms with Gasteiger partial charge in [0.1, 0.15) is 5.76 Å². The normalized spacial score (nSPS) is 20.3. The summed E-state index contributed by atoms with van der Waals surface area (Å²) in [6.07, 6.45) is 1.99. The summed E-state index contributed by atoms with van der Waals surface area (Å²) < 4.78 is 0. The fourth-order valence-corrected chi connectivity index (χ4v) is 2.41. The summed E-state index contributed by atoms with van der Waals surface area (Å²) in [6.45, 7) is 7.49. The topological polar surface area (TPSA) is 52.9 Å². The molecular formula is C15H26N2O2. The molecule has 0 atom stereocenters. The van der Waals surface area contributed by atoms with Gasteiger partial charge in [0.05, 0.1) is 5.57 Å². The Morgan fingerprint density at radius 1 is 1.37 bits per heavy atom. The molecule has 1 aliphatic carbocycles. The molecule has 1 N–H and O–H groups in total. The summed E-state index contributed by atoms with van der Waals surface area (Å²) in [4.78, 5) is 18.6. The molecule has 1 aliphatic rings. The molecule has 4 nitrogen and oxygen atoms in total. The van der Waals surface area contributed by atoms with Crippen LogP contribution in [0, 0.1) is 5.41 Å². The maximum Gasteiger partial charge on any atom is 0.168 e. The van der Waals surface area contributed by atoms with E-state index in [2.05, 4.69) is 9.89 Å². The summed E-state index contributed by atoms with van der Waals surface area (Å²) in [5, 5.41) is 10.1. The maximum absolute atomic E-state index is 12.1. The van der Waals surface area contributed by atoms with Gasteiger partial charge in [-0.15, -0.1) is 0 Å². The fraction of sp³-hybridized carbons (Fsp3) is 0.733. The largest absolute Gasteiger partial charge is 0.511 e. The van der Waals surface area contributed by atoms with Gasteiger partial charge < -0.3 is 10.0 Å². The van der Waals surface area contributed by atoms with Crippen LogP contribution in [0.25, 0.3) is 0 Å². The molecule has 0 aromatic rings. The van der Waals surface area contributed by atoms with Gasteiger partial charge in [0, 0.05) is 25.1 Å². The number of Topliss-reactive ketones (excluding diaryl/α,β-unsaturated/α-hetero) is 1. The minimum atomic E-state index is -0.143. The van der Waals surface area contributed by atoms with Gasteiger partial charge in [-0.3, -0.25) is 9.79 Å². The van der Waals surface area contributed by atoms with E-state index >= 15 is 0 Å². The molecule has 0 aromatic heterocycles. The van der Waals surface area contributed by atoms with Crippen molar-refractivity contribution in [2.24, 2.45) is 10.4 Å². The molecule has 19 heavy (non-hydrogen) atoms. The van der Waals surface area contributed by atoms with Crippen LogP contribution in [0.4, 0.5) is 0 Å². The lowest BCUT2D eigenvalue weighted by molar-refractivity contribution is -0.117. The number of carbonyl (C=O) groups is 1. The molecule has 0 saturated heterocycles. The first-order chi connectivity index (χ1) is 8.73. The van der Waals surface area contributed by atoms with Crippen molar-refractivity contribution < 1.29 is 9.90 Å². The standard InChI is InChI=1S/C15H26N2O2/c1-11(16-7-6-8-17(4)5)14-12(18)9-15(2,3)10-13(14)19/h18H,6-10H2,1-5H3. The lowest BCUT2D eigenvalue weighted by Gasteiger charge is -2.29. The zero-order valence-corrected chi connectivity index (χ0v) is 12.8. The molecule has 0 aromatic carbocycles. The minimum Gasteiger partial charge on any atom is -0.511 e. The monoisotopic (exact) mass is 266 g/mol. The van der Waals surface area contributed by atoms with E-state index in [1.165, 1.54) is 0 Å². The van der Waals surface area contributed by atoms with E-state index in [-0.39, 0.29) is 17.0 Å². The van der Waals surface area contributed by atoms with Crippen molar-refractivity contribution in [1.82, 2.24) is 4.90 Å². The van der Waals surface area contributed by atoms with Gasteiger partial charge >= 0.3 is 0 Å². The number of aliphatic hydroxyl groups is 1. The van der Waals surface area contributed by atoms with Crippen molar-refractivity contribution in [3.05, 3.63) is 11.3 Å². The second kappa shape index (κ2) is 6.33. The zero-order chi connectivity index (χ0) is 14.6. The fourth-order valence-electron chi connectivity index (χ4n) is 2.41. The highest BCUT2D eigenvalue weighted by molar-refractivity contribution is 6.22. The Labute approximate surface area is 116 Å². The van der Waals surface area contributed by atoms with Gasteiger partial charge in [0.25, 0.3) is 0 Å². The third kappa shape index (κ3) is 4.78. The van der Waals surface area contributed by atoms with Crippen LogP contribution >= 0.6 is 0 Å². The number of hydrogen-bond acceptors (Lipinski definition) is 4. The van der Waals surface area contributed by atoms with Crippen LogP contribution in [-0.2, 0) is 4.79 Å². The van der Waals surface area contributed by atoms with Crippen molar-refractivity contribution >= 4 is 11.5 Å². The molecule has 0 saturated carbocycles. The Kier molecular flexibility index (Phi) is 5.29. The SMILES string of the molecule is CC(=NCCCN(C)C)C1=C(O)CC(C)(C)CC1=O. The van der Waals surface area contributed by atoms with Crippen molar-refractivity contribution in [2.45, 2.75) is 40.0 Å². The molecule has 0 spiro atoms. The quantitative estimate of drug-likeness (QED) is 0.614. The Morgan fingerprint density at radius 2 is 2.00 bits per heavy atom. The minimum absolute atomic E-state index is 0.0163. The van der Waals surface area contributed by atoms with E-state index in [1.54, 1.807) is 0 Å². The number of aliphatic imine (C=N–C) groups is 1. The highest BCUT2D eigenvalue weighted by atomic mass is 16.3.